The van der Waals surface area contributed by atoms with Gasteiger partial charge < -0.3 is 0 Å². The maximum Gasteiger partial charge on any atom is 0.424 e. The van der Waals surface area contributed by atoms with Crippen LogP contribution in [0.2, 0.25) is 0 Å². The maximum absolute atomic E-state index is 13.0. The lowest BCUT2D eigenvalue weighted by Crippen LogP contribution is -2.18. The van der Waals surface area contributed by atoms with E-state index in [1.54, 1.807) is 30.3 Å². The maximum atomic E-state index is 13.0. The van der Waals surface area contributed by atoms with Crippen molar-refractivity contribution in [3.8, 4) is 0 Å². The zero-order valence-electron chi connectivity index (χ0n) is 12.2. The first kappa shape index (κ1) is 18.0. The number of benzene rings is 1. The third-order valence-electron chi connectivity index (χ3n) is 3.06. The monoisotopic (exact) mass is 318 g/mol. The molecule has 1 rings (SSSR count). The van der Waals surface area contributed by atoms with E-state index in [0.29, 0.717) is 12.0 Å². The molecule has 118 valence electrons. The van der Waals surface area contributed by atoms with E-state index in [1.165, 1.54) is 0 Å². The van der Waals surface area contributed by atoms with E-state index in [2.05, 4.69) is 6.92 Å². The summed E-state index contributed by atoms with van der Waals surface area (Å²) in [6, 6.07) is 8.20. The second-order valence-corrected chi connectivity index (χ2v) is 6.42. The molecule has 21 heavy (non-hydrogen) atoms. The number of allylic oxidation sites excluding steroid dienone is 1. The number of unbranched alkanes of at least 4 members (excludes halogenated alkanes) is 4. The van der Waals surface area contributed by atoms with Crippen LogP contribution in [-0.2, 0) is 10.8 Å². The first-order chi connectivity index (χ1) is 9.95. The lowest BCUT2D eigenvalue weighted by Gasteiger charge is -2.11. The Morgan fingerprint density at radius 3 is 2.29 bits per heavy atom. The normalized spacial score (nSPS) is 14.2. The van der Waals surface area contributed by atoms with Crippen molar-refractivity contribution in [2.75, 3.05) is 5.75 Å². The fourth-order valence-corrected chi connectivity index (χ4v) is 3.14. The molecule has 0 aromatic heterocycles. The summed E-state index contributed by atoms with van der Waals surface area (Å²) in [6.45, 7) is 2.07. The van der Waals surface area contributed by atoms with E-state index in [9.17, 15) is 17.4 Å². The van der Waals surface area contributed by atoms with Gasteiger partial charge in [-0.3, -0.25) is 4.21 Å². The zero-order chi connectivity index (χ0) is 15.7. The summed E-state index contributed by atoms with van der Waals surface area (Å²) in [5, 5.41) is 0. The lowest BCUT2D eigenvalue weighted by molar-refractivity contribution is -0.0832. The quantitative estimate of drug-likeness (QED) is 0.594. The Bertz CT molecular complexity index is 466. The fraction of sp³-hybridized carbons (Fsp3) is 0.500. The molecule has 0 aliphatic rings. The molecule has 1 unspecified atom stereocenters. The summed E-state index contributed by atoms with van der Waals surface area (Å²) in [6.07, 6.45) is 0.956. The van der Waals surface area contributed by atoms with E-state index in [0.717, 1.165) is 31.8 Å². The van der Waals surface area contributed by atoms with Crippen molar-refractivity contribution in [1.82, 2.24) is 0 Å². The van der Waals surface area contributed by atoms with Crippen LogP contribution in [0.25, 0.3) is 6.08 Å². The van der Waals surface area contributed by atoms with Crippen LogP contribution in [0.15, 0.2) is 35.2 Å². The van der Waals surface area contributed by atoms with Gasteiger partial charge in [0, 0.05) is 5.75 Å². The van der Waals surface area contributed by atoms with Crippen LogP contribution >= 0.6 is 0 Å². The largest absolute Gasteiger partial charge is 0.424 e. The third kappa shape index (κ3) is 6.93. The van der Waals surface area contributed by atoms with Gasteiger partial charge in [0.15, 0.2) is 0 Å². The summed E-state index contributed by atoms with van der Waals surface area (Å²) in [5.74, 6) is 0.0713. The van der Waals surface area contributed by atoms with Gasteiger partial charge >= 0.3 is 6.18 Å². The lowest BCUT2D eigenvalue weighted by atomic mass is 10.2. The highest BCUT2D eigenvalue weighted by Crippen LogP contribution is 2.30. The molecule has 0 bridgehead atoms. The van der Waals surface area contributed by atoms with Crippen molar-refractivity contribution in [3.63, 3.8) is 0 Å². The van der Waals surface area contributed by atoms with Crippen LogP contribution in [0, 0.1) is 0 Å². The first-order valence-electron chi connectivity index (χ1n) is 7.17. The van der Waals surface area contributed by atoms with E-state index in [-0.39, 0.29) is 5.75 Å². The highest BCUT2D eigenvalue weighted by molar-refractivity contribution is 7.89. The SMILES string of the molecule is CCCCCCCS(=O)/C(=C/c1ccccc1)C(F)(F)F. The molecule has 0 aliphatic heterocycles. The number of rotatable bonds is 8. The van der Waals surface area contributed by atoms with E-state index < -0.39 is 21.9 Å². The van der Waals surface area contributed by atoms with Crippen molar-refractivity contribution < 1.29 is 17.4 Å². The van der Waals surface area contributed by atoms with E-state index in [4.69, 9.17) is 0 Å². The van der Waals surface area contributed by atoms with Crippen LogP contribution in [0.3, 0.4) is 0 Å². The average molecular weight is 318 g/mol. The minimum Gasteiger partial charge on any atom is -0.254 e. The van der Waals surface area contributed by atoms with Gasteiger partial charge in [0.1, 0.15) is 4.91 Å². The molecule has 0 N–H and O–H groups in total. The minimum atomic E-state index is -4.55. The van der Waals surface area contributed by atoms with Crippen molar-refractivity contribution in [3.05, 3.63) is 40.8 Å². The second kappa shape index (κ2) is 9.03. The van der Waals surface area contributed by atoms with Gasteiger partial charge in [-0.05, 0) is 18.1 Å². The molecule has 0 saturated heterocycles. The van der Waals surface area contributed by atoms with Gasteiger partial charge in [-0.2, -0.15) is 13.2 Å². The van der Waals surface area contributed by atoms with E-state index in [1.807, 2.05) is 0 Å². The molecule has 0 amide bonds. The Balaban J connectivity index is 2.71. The molecule has 0 spiro atoms. The number of hydrogen-bond donors (Lipinski definition) is 0. The molecule has 0 radical (unpaired) electrons. The molecule has 0 saturated carbocycles. The number of halogens is 3. The molecule has 1 nitrogen and oxygen atoms in total. The molecule has 5 heteroatoms. The molecule has 0 fully saturated rings. The Hall–Kier alpha value is -1.10. The summed E-state index contributed by atoms with van der Waals surface area (Å²) >= 11 is 0. The molecule has 1 aromatic carbocycles. The summed E-state index contributed by atoms with van der Waals surface area (Å²) in [7, 11) is -2.00. The summed E-state index contributed by atoms with van der Waals surface area (Å²) < 4.78 is 51.0. The molecule has 0 aliphatic carbocycles. The standard InChI is InChI=1S/C16H21F3OS/c1-2-3-4-5-9-12-21(20)15(16(17,18)19)13-14-10-7-6-8-11-14/h6-8,10-11,13H,2-5,9,12H2,1H3/b15-13+. The Labute approximate surface area is 126 Å². The van der Waals surface area contributed by atoms with Crippen molar-refractivity contribution in [2.24, 2.45) is 0 Å². The second-order valence-electron chi connectivity index (χ2n) is 4.88. The van der Waals surface area contributed by atoms with Crippen LogP contribution in [-0.4, -0.2) is 16.1 Å². The Morgan fingerprint density at radius 1 is 1.10 bits per heavy atom. The van der Waals surface area contributed by atoms with Crippen molar-refractivity contribution >= 4 is 16.9 Å². The minimum absolute atomic E-state index is 0.0713. The predicted molar refractivity (Wildman–Crippen MR) is 82.2 cm³/mol. The van der Waals surface area contributed by atoms with Gasteiger partial charge in [-0.1, -0.05) is 62.9 Å². The Morgan fingerprint density at radius 2 is 1.71 bits per heavy atom. The number of alkyl halides is 3. The van der Waals surface area contributed by atoms with Crippen LogP contribution in [0.5, 0.6) is 0 Å². The van der Waals surface area contributed by atoms with Gasteiger partial charge in [-0.15, -0.1) is 0 Å². The van der Waals surface area contributed by atoms with Gasteiger partial charge in [0.25, 0.3) is 0 Å². The molecule has 1 atom stereocenters. The molecular weight excluding hydrogens is 297 g/mol. The van der Waals surface area contributed by atoms with E-state index >= 15 is 0 Å². The fourth-order valence-electron chi connectivity index (χ4n) is 1.92. The topological polar surface area (TPSA) is 17.1 Å². The summed E-state index contributed by atoms with van der Waals surface area (Å²) in [5.41, 5.74) is 0.421. The van der Waals surface area contributed by atoms with Gasteiger partial charge in [0.05, 0.1) is 10.8 Å². The third-order valence-corrected chi connectivity index (χ3v) is 4.55. The molecular formula is C16H21F3OS. The zero-order valence-corrected chi connectivity index (χ0v) is 13.0. The average Bonchev–Trinajstić information content (AvgIpc) is 2.44. The Kier molecular flexibility index (Phi) is 7.72. The smallest absolute Gasteiger partial charge is 0.254 e. The van der Waals surface area contributed by atoms with Crippen molar-refractivity contribution in [2.45, 2.75) is 45.2 Å². The van der Waals surface area contributed by atoms with Crippen LogP contribution in [0.1, 0.15) is 44.6 Å². The predicted octanol–water partition coefficient (Wildman–Crippen LogP) is 5.31. The van der Waals surface area contributed by atoms with Crippen LogP contribution in [0.4, 0.5) is 13.2 Å². The van der Waals surface area contributed by atoms with Crippen LogP contribution < -0.4 is 0 Å². The number of hydrogen-bond acceptors (Lipinski definition) is 1. The summed E-state index contributed by atoms with van der Waals surface area (Å²) in [4.78, 5) is -0.941. The highest BCUT2D eigenvalue weighted by Gasteiger charge is 2.37. The molecule has 1 aromatic rings. The first-order valence-corrected chi connectivity index (χ1v) is 8.49. The highest BCUT2D eigenvalue weighted by atomic mass is 32.2. The molecule has 0 heterocycles. The van der Waals surface area contributed by atoms with Gasteiger partial charge in [-0.25, -0.2) is 0 Å². The van der Waals surface area contributed by atoms with Gasteiger partial charge in [0.2, 0.25) is 0 Å². The van der Waals surface area contributed by atoms with Crippen molar-refractivity contribution in [1.29, 1.82) is 0 Å².